The molecule has 0 fully saturated rings. The number of aryl methyl sites for hydroxylation is 1. The van der Waals surface area contributed by atoms with E-state index in [9.17, 15) is 9.90 Å². The predicted molar refractivity (Wildman–Crippen MR) is 142 cm³/mol. The fraction of sp³-hybridized carbons (Fsp3) is 0.0714. The number of benzene rings is 3. The number of pyridine rings is 1. The number of imidazole rings is 1. The first-order valence-corrected chi connectivity index (χ1v) is 12.2. The van der Waals surface area contributed by atoms with E-state index in [1.165, 1.54) is 0 Å². The molecule has 0 saturated carbocycles. The van der Waals surface area contributed by atoms with Gasteiger partial charge >= 0.3 is 0 Å². The van der Waals surface area contributed by atoms with Crippen molar-refractivity contribution in [1.82, 2.24) is 14.5 Å². The maximum atomic E-state index is 12.5. The van der Waals surface area contributed by atoms with Gasteiger partial charge in [-0.25, -0.2) is 4.98 Å². The van der Waals surface area contributed by atoms with Gasteiger partial charge in [-0.3, -0.25) is 4.79 Å². The fourth-order valence-corrected chi connectivity index (χ4v) is 6.03. The molecule has 2 N–H and O–H groups in total. The summed E-state index contributed by atoms with van der Waals surface area (Å²) in [4.78, 5) is 20.4. The third-order valence-corrected chi connectivity index (χ3v) is 7.83. The molecule has 0 aliphatic rings. The lowest BCUT2D eigenvalue weighted by Gasteiger charge is -2.28. The van der Waals surface area contributed by atoms with E-state index in [-0.39, 0.29) is 5.56 Å². The number of aromatic amines is 1. The van der Waals surface area contributed by atoms with E-state index in [2.05, 4.69) is 16.0 Å². The second-order valence-electron chi connectivity index (χ2n) is 8.57. The van der Waals surface area contributed by atoms with Crippen molar-refractivity contribution in [3.05, 3.63) is 123 Å². The summed E-state index contributed by atoms with van der Waals surface area (Å²) in [7, 11) is 1.87. The van der Waals surface area contributed by atoms with E-state index in [1.54, 1.807) is 36.0 Å². The van der Waals surface area contributed by atoms with Gasteiger partial charge in [-0.15, -0.1) is 11.3 Å². The Morgan fingerprint density at radius 1 is 1.03 bits per heavy atom. The van der Waals surface area contributed by atoms with Crippen LogP contribution in [0.3, 0.4) is 0 Å². The number of rotatable bonds is 4. The second-order valence-corrected chi connectivity index (χ2v) is 10.1. The lowest BCUT2D eigenvalue weighted by atomic mass is 9.86. The molecule has 35 heavy (non-hydrogen) atoms. The van der Waals surface area contributed by atoms with E-state index in [0.29, 0.717) is 21.8 Å². The van der Waals surface area contributed by atoms with Crippen molar-refractivity contribution in [3.63, 3.8) is 0 Å². The molecule has 0 radical (unpaired) electrons. The van der Waals surface area contributed by atoms with E-state index in [0.717, 1.165) is 31.5 Å². The van der Waals surface area contributed by atoms with Crippen molar-refractivity contribution in [2.75, 3.05) is 0 Å². The molecule has 6 rings (SSSR count). The molecule has 5 nitrogen and oxygen atoms in total. The van der Waals surface area contributed by atoms with Crippen molar-refractivity contribution >= 4 is 43.9 Å². The number of hydrogen-bond acceptors (Lipinski definition) is 4. The van der Waals surface area contributed by atoms with Gasteiger partial charge in [-0.05, 0) is 58.5 Å². The largest absolute Gasteiger partial charge is 0.374 e. The van der Waals surface area contributed by atoms with Gasteiger partial charge in [0.05, 0.1) is 18.2 Å². The molecule has 172 valence electrons. The molecule has 6 aromatic rings. The van der Waals surface area contributed by atoms with E-state index < -0.39 is 5.60 Å². The minimum absolute atomic E-state index is 0.202. The monoisotopic (exact) mass is 497 g/mol. The van der Waals surface area contributed by atoms with E-state index >= 15 is 0 Å². The van der Waals surface area contributed by atoms with Crippen molar-refractivity contribution in [2.24, 2.45) is 7.05 Å². The van der Waals surface area contributed by atoms with Crippen molar-refractivity contribution in [3.8, 4) is 11.1 Å². The Morgan fingerprint density at radius 2 is 1.89 bits per heavy atom. The molecule has 0 saturated heterocycles. The van der Waals surface area contributed by atoms with Gasteiger partial charge in [0.15, 0.2) is 5.60 Å². The Morgan fingerprint density at radius 3 is 2.66 bits per heavy atom. The number of fused-ring (bicyclic) bond motifs is 2. The smallest absolute Gasteiger partial charge is 0.249 e. The van der Waals surface area contributed by atoms with Crippen LogP contribution in [0.5, 0.6) is 0 Å². The van der Waals surface area contributed by atoms with Crippen LogP contribution in [0.1, 0.15) is 16.1 Å². The Labute approximate surface area is 209 Å². The van der Waals surface area contributed by atoms with Gasteiger partial charge in [0.2, 0.25) is 5.56 Å². The molecular formula is C28H20ClN3O2S. The lowest BCUT2D eigenvalue weighted by Crippen LogP contribution is -2.30. The predicted octanol–water partition coefficient (Wildman–Crippen LogP) is 6.08. The molecule has 3 aromatic heterocycles. The molecule has 0 spiro atoms. The Hall–Kier alpha value is -3.71. The number of aromatic nitrogens is 3. The fourth-order valence-electron chi connectivity index (χ4n) is 4.66. The average Bonchev–Trinajstić information content (AvgIpc) is 3.49. The standard InChI is InChI=1S/C28H20ClN3O2S/c1-32-16-30-15-25(32)28(34,26-12-18-5-2-3-8-24(18)35-26)19-9-10-23-22(13-19)21(14-27(33)31-23)17-6-4-7-20(29)11-17/h2-16,34H,1H3,(H,31,33). The van der Waals surface area contributed by atoms with Gasteiger partial charge in [-0.2, -0.15) is 0 Å². The number of aliphatic hydroxyl groups is 1. The summed E-state index contributed by atoms with van der Waals surface area (Å²) < 4.78 is 2.92. The highest BCUT2D eigenvalue weighted by Crippen LogP contribution is 2.43. The zero-order chi connectivity index (χ0) is 24.2. The van der Waals surface area contributed by atoms with Crippen LogP contribution in [0.15, 0.2) is 96.2 Å². The second kappa shape index (κ2) is 8.20. The highest BCUT2D eigenvalue weighted by molar-refractivity contribution is 7.19. The summed E-state index contributed by atoms with van der Waals surface area (Å²) in [6, 6.07) is 24.7. The molecule has 7 heteroatoms. The maximum absolute atomic E-state index is 12.5. The Bertz CT molecular complexity index is 1750. The summed E-state index contributed by atoms with van der Waals surface area (Å²) in [5, 5.41) is 14.9. The van der Waals surface area contributed by atoms with Crippen LogP contribution in [-0.2, 0) is 12.6 Å². The summed E-state index contributed by atoms with van der Waals surface area (Å²) >= 11 is 7.81. The Balaban J connectivity index is 1.65. The molecule has 0 bridgehead atoms. The number of nitrogens with one attached hydrogen (secondary N) is 1. The molecular weight excluding hydrogens is 478 g/mol. The van der Waals surface area contributed by atoms with Crippen LogP contribution in [0.25, 0.3) is 32.1 Å². The molecule has 0 aliphatic heterocycles. The zero-order valence-electron chi connectivity index (χ0n) is 18.7. The Kier molecular flexibility index (Phi) is 5.11. The minimum Gasteiger partial charge on any atom is -0.374 e. The van der Waals surface area contributed by atoms with E-state index in [4.69, 9.17) is 11.6 Å². The third-order valence-electron chi connectivity index (χ3n) is 6.37. The van der Waals surface area contributed by atoms with E-state index in [1.807, 2.05) is 72.3 Å². The van der Waals surface area contributed by atoms with Gasteiger partial charge < -0.3 is 14.7 Å². The van der Waals surface area contributed by atoms with Crippen LogP contribution < -0.4 is 5.56 Å². The van der Waals surface area contributed by atoms with Crippen molar-refractivity contribution in [2.45, 2.75) is 5.60 Å². The van der Waals surface area contributed by atoms with Crippen molar-refractivity contribution in [1.29, 1.82) is 0 Å². The average molecular weight is 498 g/mol. The molecule has 1 atom stereocenters. The van der Waals surface area contributed by atoms with Crippen LogP contribution in [0, 0.1) is 0 Å². The number of thiophene rings is 1. The van der Waals surface area contributed by atoms with Gasteiger partial charge in [0.1, 0.15) is 0 Å². The number of nitrogens with zero attached hydrogens (tertiary/aromatic N) is 2. The quantitative estimate of drug-likeness (QED) is 0.310. The summed E-state index contributed by atoms with van der Waals surface area (Å²) in [5.41, 5.74) is 1.93. The first-order valence-electron chi connectivity index (χ1n) is 11.1. The van der Waals surface area contributed by atoms with Crippen LogP contribution >= 0.6 is 22.9 Å². The maximum Gasteiger partial charge on any atom is 0.249 e. The normalized spacial score (nSPS) is 13.3. The number of halogens is 1. The van der Waals surface area contributed by atoms with Gasteiger partial charge in [0.25, 0.3) is 0 Å². The highest BCUT2D eigenvalue weighted by atomic mass is 35.5. The summed E-state index contributed by atoms with van der Waals surface area (Å²) in [6.45, 7) is 0. The number of H-pyrrole nitrogens is 1. The molecule has 3 aromatic carbocycles. The molecule has 0 amide bonds. The van der Waals surface area contributed by atoms with Crippen LogP contribution in [0.2, 0.25) is 5.02 Å². The third kappa shape index (κ3) is 3.58. The topological polar surface area (TPSA) is 70.9 Å². The van der Waals surface area contributed by atoms with Crippen LogP contribution in [0.4, 0.5) is 0 Å². The summed E-state index contributed by atoms with van der Waals surface area (Å²) in [5.74, 6) is 0. The minimum atomic E-state index is -1.45. The molecule has 0 aliphatic carbocycles. The first kappa shape index (κ1) is 21.8. The van der Waals surface area contributed by atoms with Gasteiger partial charge in [0, 0.05) is 38.6 Å². The lowest BCUT2D eigenvalue weighted by molar-refractivity contribution is 0.121. The zero-order valence-corrected chi connectivity index (χ0v) is 20.3. The molecule has 1 unspecified atom stereocenters. The van der Waals surface area contributed by atoms with Crippen molar-refractivity contribution < 1.29 is 5.11 Å². The first-order chi connectivity index (χ1) is 16.9. The van der Waals surface area contributed by atoms with Crippen LogP contribution in [-0.4, -0.2) is 19.6 Å². The SMILES string of the molecule is Cn1cncc1C(O)(c1ccc2[nH]c(=O)cc(-c3cccc(Cl)c3)c2c1)c1cc2ccccc2s1. The molecule has 3 heterocycles. The number of hydrogen-bond donors (Lipinski definition) is 2. The van der Waals surface area contributed by atoms with Gasteiger partial charge in [-0.1, -0.05) is 48.0 Å². The summed E-state index contributed by atoms with van der Waals surface area (Å²) in [6.07, 6.45) is 3.38. The highest BCUT2D eigenvalue weighted by Gasteiger charge is 2.38.